The molecule has 0 aliphatic carbocycles. The lowest BCUT2D eigenvalue weighted by atomic mass is 9.95. The molecule has 0 bridgehead atoms. The topological polar surface area (TPSA) is 44.7 Å². The number of piperidine rings is 1. The van der Waals surface area contributed by atoms with Crippen molar-refractivity contribution in [2.75, 3.05) is 47.0 Å². The molecule has 4 nitrogen and oxygen atoms in total. The second kappa shape index (κ2) is 7.31. The number of hydrogen-bond donors (Lipinski definition) is 2. The van der Waals surface area contributed by atoms with Crippen molar-refractivity contribution in [2.24, 2.45) is 5.92 Å². The molecule has 0 amide bonds. The van der Waals surface area contributed by atoms with E-state index in [1.807, 2.05) is 7.05 Å². The van der Waals surface area contributed by atoms with Crippen LogP contribution in [0.25, 0.3) is 0 Å². The van der Waals surface area contributed by atoms with E-state index in [1.54, 1.807) is 7.11 Å². The highest BCUT2D eigenvalue weighted by atomic mass is 16.5. The Balaban J connectivity index is 2.31. The first-order valence-corrected chi connectivity index (χ1v) is 6.64. The van der Waals surface area contributed by atoms with E-state index < -0.39 is 0 Å². The van der Waals surface area contributed by atoms with Gasteiger partial charge in [-0.2, -0.15) is 0 Å². The van der Waals surface area contributed by atoms with Crippen molar-refractivity contribution in [1.82, 2.24) is 10.2 Å². The molecule has 2 unspecified atom stereocenters. The zero-order valence-electron chi connectivity index (χ0n) is 11.5. The highest BCUT2D eigenvalue weighted by Gasteiger charge is 2.24. The summed E-state index contributed by atoms with van der Waals surface area (Å²) in [6.45, 7) is 6.52. The summed E-state index contributed by atoms with van der Waals surface area (Å²) >= 11 is 0. The molecule has 0 aromatic heterocycles. The average Bonchev–Trinajstić information content (AvgIpc) is 2.37. The lowest BCUT2D eigenvalue weighted by Crippen LogP contribution is -2.47. The fraction of sp³-hybridized carbons (Fsp3) is 1.00. The molecule has 1 aliphatic heterocycles. The molecule has 102 valence electrons. The monoisotopic (exact) mass is 244 g/mol. The Morgan fingerprint density at radius 1 is 1.53 bits per heavy atom. The van der Waals surface area contributed by atoms with Gasteiger partial charge in [0.25, 0.3) is 0 Å². The van der Waals surface area contributed by atoms with Crippen LogP contribution < -0.4 is 5.32 Å². The van der Waals surface area contributed by atoms with Gasteiger partial charge >= 0.3 is 0 Å². The van der Waals surface area contributed by atoms with Crippen LogP contribution in [0.4, 0.5) is 0 Å². The minimum atomic E-state index is -0.145. The van der Waals surface area contributed by atoms with Crippen molar-refractivity contribution in [2.45, 2.75) is 31.7 Å². The fourth-order valence-electron chi connectivity index (χ4n) is 2.41. The molecule has 1 aliphatic rings. The molecule has 2 N–H and O–H groups in total. The molecular formula is C13H28N2O2. The number of nitrogens with one attached hydrogen (secondary N) is 1. The zero-order valence-corrected chi connectivity index (χ0v) is 11.5. The van der Waals surface area contributed by atoms with Gasteiger partial charge in [-0.1, -0.05) is 0 Å². The Kier molecular flexibility index (Phi) is 6.41. The molecule has 0 spiro atoms. The maximum absolute atomic E-state index is 9.35. The zero-order chi connectivity index (χ0) is 12.7. The third-order valence-electron chi connectivity index (χ3n) is 3.94. The van der Waals surface area contributed by atoms with Gasteiger partial charge in [-0.3, -0.25) is 0 Å². The minimum Gasteiger partial charge on any atom is -0.394 e. The standard InChI is InChI=1S/C13H28N2O2/c1-13(11-16,14-2)6-8-15-7-4-5-12(9-15)10-17-3/h12,14,16H,4-11H2,1-3H3. The quantitative estimate of drug-likeness (QED) is 0.692. The molecule has 0 saturated carbocycles. The van der Waals surface area contributed by atoms with Crippen LogP contribution in [0, 0.1) is 5.92 Å². The molecule has 1 saturated heterocycles. The highest BCUT2D eigenvalue weighted by Crippen LogP contribution is 2.18. The SMILES string of the molecule is CNC(C)(CO)CCN1CCCC(COC)C1. The van der Waals surface area contributed by atoms with Crippen LogP contribution in [0.3, 0.4) is 0 Å². The second-order valence-corrected chi connectivity index (χ2v) is 5.48. The van der Waals surface area contributed by atoms with Crippen LogP contribution in [0.2, 0.25) is 0 Å². The number of ether oxygens (including phenoxy) is 1. The summed E-state index contributed by atoms with van der Waals surface area (Å²) in [7, 11) is 3.70. The summed E-state index contributed by atoms with van der Waals surface area (Å²) in [6.07, 6.45) is 3.54. The Morgan fingerprint density at radius 3 is 2.88 bits per heavy atom. The number of nitrogens with zero attached hydrogens (tertiary/aromatic N) is 1. The smallest absolute Gasteiger partial charge is 0.0610 e. The summed E-state index contributed by atoms with van der Waals surface area (Å²) in [4.78, 5) is 2.50. The summed E-state index contributed by atoms with van der Waals surface area (Å²) in [6, 6.07) is 0. The Hall–Kier alpha value is -0.160. The molecule has 17 heavy (non-hydrogen) atoms. The molecule has 2 atom stereocenters. The molecule has 0 aromatic rings. The van der Waals surface area contributed by atoms with Gasteiger partial charge in [0.2, 0.25) is 0 Å². The summed E-state index contributed by atoms with van der Waals surface area (Å²) in [5, 5.41) is 12.6. The number of likely N-dealkylation sites (N-methyl/N-ethyl adjacent to an activating group) is 1. The first-order chi connectivity index (χ1) is 8.13. The number of likely N-dealkylation sites (tertiary alicyclic amines) is 1. The number of hydrogen-bond acceptors (Lipinski definition) is 4. The second-order valence-electron chi connectivity index (χ2n) is 5.48. The summed E-state index contributed by atoms with van der Waals surface area (Å²) < 4.78 is 5.24. The highest BCUT2D eigenvalue weighted by molar-refractivity contribution is 4.83. The van der Waals surface area contributed by atoms with Crippen LogP contribution in [-0.2, 0) is 4.74 Å². The van der Waals surface area contributed by atoms with Crippen LogP contribution in [-0.4, -0.2) is 62.6 Å². The van der Waals surface area contributed by atoms with Gasteiger partial charge in [0.1, 0.15) is 0 Å². The maximum atomic E-state index is 9.35. The Bertz CT molecular complexity index is 206. The van der Waals surface area contributed by atoms with E-state index in [9.17, 15) is 5.11 Å². The third-order valence-corrected chi connectivity index (χ3v) is 3.94. The van der Waals surface area contributed by atoms with E-state index in [-0.39, 0.29) is 12.1 Å². The predicted octanol–water partition coefficient (Wildman–Crippen LogP) is 0.705. The lowest BCUT2D eigenvalue weighted by Gasteiger charge is -2.35. The van der Waals surface area contributed by atoms with Crippen LogP contribution in [0.1, 0.15) is 26.2 Å². The van der Waals surface area contributed by atoms with Gasteiger partial charge in [0.15, 0.2) is 0 Å². The first-order valence-electron chi connectivity index (χ1n) is 6.64. The molecule has 1 heterocycles. The van der Waals surface area contributed by atoms with E-state index in [4.69, 9.17) is 4.74 Å². The van der Waals surface area contributed by atoms with Gasteiger partial charge < -0.3 is 20.1 Å². The average molecular weight is 244 g/mol. The van der Waals surface area contributed by atoms with Crippen LogP contribution in [0.5, 0.6) is 0 Å². The van der Waals surface area contributed by atoms with E-state index >= 15 is 0 Å². The van der Waals surface area contributed by atoms with Crippen LogP contribution in [0.15, 0.2) is 0 Å². The lowest BCUT2D eigenvalue weighted by molar-refractivity contribution is 0.0807. The third kappa shape index (κ3) is 4.92. The molecule has 4 heteroatoms. The van der Waals surface area contributed by atoms with Crippen molar-refractivity contribution in [3.8, 4) is 0 Å². The number of methoxy groups -OCH3 is 1. The molecule has 0 radical (unpaired) electrons. The van der Waals surface area contributed by atoms with E-state index in [0.29, 0.717) is 5.92 Å². The van der Waals surface area contributed by atoms with Gasteiger partial charge in [-0.05, 0) is 52.2 Å². The fourth-order valence-corrected chi connectivity index (χ4v) is 2.41. The van der Waals surface area contributed by atoms with Gasteiger partial charge in [-0.25, -0.2) is 0 Å². The van der Waals surface area contributed by atoms with Gasteiger partial charge in [0, 0.05) is 19.2 Å². The van der Waals surface area contributed by atoms with Crippen molar-refractivity contribution in [3.05, 3.63) is 0 Å². The number of aliphatic hydroxyl groups is 1. The predicted molar refractivity (Wildman–Crippen MR) is 70.2 cm³/mol. The molecular weight excluding hydrogens is 216 g/mol. The van der Waals surface area contributed by atoms with Crippen LogP contribution >= 0.6 is 0 Å². The Morgan fingerprint density at radius 2 is 2.29 bits per heavy atom. The molecule has 1 rings (SSSR count). The van der Waals surface area contributed by atoms with Crippen molar-refractivity contribution in [3.63, 3.8) is 0 Å². The van der Waals surface area contributed by atoms with E-state index in [0.717, 1.165) is 26.1 Å². The summed E-state index contributed by atoms with van der Waals surface area (Å²) in [5.41, 5.74) is -0.145. The summed E-state index contributed by atoms with van der Waals surface area (Å²) in [5.74, 6) is 0.684. The van der Waals surface area contributed by atoms with Gasteiger partial charge in [-0.15, -0.1) is 0 Å². The molecule has 1 fully saturated rings. The largest absolute Gasteiger partial charge is 0.394 e. The van der Waals surface area contributed by atoms with Crippen molar-refractivity contribution in [1.29, 1.82) is 0 Å². The van der Waals surface area contributed by atoms with Crippen molar-refractivity contribution < 1.29 is 9.84 Å². The van der Waals surface area contributed by atoms with E-state index in [2.05, 4.69) is 17.1 Å². The number of rotatable bonds is 7. The Labute approximate surface area is 105 Å². The van der Waals surface area contributed by atoms with Gasteiger partial charge in [0.05, 0.1) is 13.2 Å². The van der Waals surface area contributed by atoms with Crippen molar-refractivity contribution >= 4 is 0 Å². The number of aliphatic hydroxyl groups excluding tert-OH is 1. The first kappa shape index (κ1) is 14.9. The maximum Gasteiger partial charge on any atom is 0.0610 e. The molecule has 0 aromatic carbocycles. The normalized spacial score (nSPS) is 25.8. The minimum absolute atomic E-state index is 0.145. The van der Waals surface area contributed by atoms with E-state index in [1.165, 1.54) is 19.4 Å².